The van der Waals surface area contributed by atoms with Crippen LogP contribution in [0.25, 0.3) is 0 Å². The maximum absolute atomic E-state index is 0. The summed E-state index contributed by atoms with van der Waals surface area (Å²) in [4.78, 5) is 0. The third-order valence-electron chi connectivity index (χ3n) is 0. The van der Waals surface area contributed by atoms with E-state index in [0.29, 0.717) is 0 Å². The van der Waals surface area contributed by atoms with E-state index < -0.39 is 0 Å². The minimum Gasteiger partial charge on any atom is -2.00 e. The molecule has 0 saturated carbocycles. The molecule has 0 spiro atoms. The van der Waals surface area contributed by atoms with Crippen LogP contribution in [0.3, 0.4) is 0 Å². The molecule has 70 heavy (non-hydrogen) atoms. The normalized spacial score (nSPS) is 0. The molecule has 0 aliphatic carbocycles. The van der Waals surface area contributed by atoms with Crippen LogP contribution in [0.2, 0.25) is 0 Å². The third-order valence-corrected chi connectivity index (χ3v) is 0. The van der Waals surface area contributed by atoms with Gasteiger partial charge in [-0.25, -0.2) is 0 Å². The summed E-state index contributed by atoms with van der Waals surface area (Å²) in [6.45, 7) is 0. The van der Waals surface area contributed by atoms with E-state index in [0.717, 1.165) is 0 Å². The van der Waals surface area contributed by atoms with Crippen LogP contribution in [0.4, 0.5) is 0 Å². The first-order valence-corrected chi connectivity index (χ1v) is 0. The van der Waals surface area contributed by atoms with E-state index in [2.05, 4.69) is 0 Å². The van der Waals surface area contributed by atoms with Gasteiger partial charge in [0.15, 0.2) is 0 Å². The smallest absolute Gasteiger partial charge is 2.00 e. The molecule has 0 aromatic carbocycles. The molecule has 0 aliphatic rings. The van der Waals surface area contributed by atoms with Gasteiger partial charge in [-0.05, 0) is 0 Å². The van der Waals surface area contributed by atoms with Gasteiger partial charge in [-0.3, -0.25) is 0 Å². The Bertz CT molecular complexity index is 69.6. The van der Waals surface area contributed by atoms with Crippen molar-refractivity contribution >= 4 is 0 Å². The molecule has 0 aromatic heterocycles. The van der Waals surface area contributed by atoms with Gasteiger partial charge < -0.3 is 208 Å². The van der Waals surface area contributed by atoms with Crippen molar-refractivity contribution in [3.63, 3.8) is 0 Å². The van der Waals surface area contributed by atoms with Crippen LogP contribution >= 0.6 is 0 Å². The van der Waals surface area contributed by atoms with Crippen molar-refractivity contribution in [3.05, 3.63) is 0 Å². The second-order valence-electron chi connectivity index (χ2n) is 0. The quantitative estimate of drug-likeness (QED) is 0.207. The largest absolute Gasteiger partial charge is 3.00 e. The molecule has 0 aromatic rings. The molecule has 0 heterocycles. The van der Waals surface area contributed by atoms with Crippen LogP contribution in [-0.4, -0.2) is 0 Å². The van der Waals surface area contributed by atoms with Crippen molar-refractivity contribution in [2.45, 2.75) is 0 Å². The Labute approximate surface area is 741 Å². The van der Waals surface area contributed by atoms with Gasteiger partial charge in [-0.1, -0.05) is 0 Å². The zero-order valence-electron chi connectivity index (χ0n) is 26.8. The van der Waals surface area contributed by atoms with E-state index in [1.807, 2.05) is 0 Å². The summed E-state index contributed by atoms with van der Waals surface area (Å²) in [5.74, 6) is 0. The molecule has 0 fully saturated rings. The SMILES string of the molecule is [Fe+3].[Fe+3].[Fe+3].[Fe+3].[Fe+3].[Fe+3].[Fe+3].[Fe+3].[Fe+3].[Fe+3].[Fe+3].[Fe+3].[Fe+3].[Fe+3].[Fe+3].[Fe+3].[Fe+3].[Fe+3].[Fe+3].[Fe+3].[Fe+3].[Fe+3].[Fe+3].[Fe+3].[Fe+3].[Fe+3].[Fe+3].[Fe+3].[Fe+3].[Fe+3].[Fe+3].[Fe+3].[O-2].[O-2].[O-2].[O-2].[O-2].[O-2].[O-2].[O-2].[O-2].[O-2].[O-2].[O-2].[O-2].[O-2].[O-2].[O-2].[O-2].[O-2].[O-2].[O-2].[O-2].[O-2].[O-2].[O-2].[O-2].[O-2].[O-2].[O-2].[O-2].[O-2].[O-2].[O-2].[O-2].[O-2].[O-2].[O-2].[O-2].[O-2]. The molecule has 32 radical (unpaired) electrons. The van der Waals surface area contributed by atoms with Gasteiger partial charge in [0, 0.05) is 0 Å². The summed E-state index contributed by atoms with van der Waals surface area (Å²) in [7, 11) is 0. The van der Waals surface area contributed by atoms with E-state index in [1.165, 1.54) is 0 Å². The van der Waals surface area contributed by atoms with Crippen molar-refractivity contribution in [3.8, 4) is 0 Å². The van der Waals surface area contributed by atoms with Crippen LogP contribution in [-0.2, 0) is 754 Å². The second kappa shape index (κ2) is 2550. The van der Waals surface area contributed by atoms with Crippen molar-refractivity contribution in [2.24, 2.45) is 0 Å². The van der Waals surface area contributed by atoms with E-state index in [9.17, 15) is 0 Å². The van der Waals surface area contributed by atoms with Gasteiger partial charge in [0.1, 0.15) is 0 Å². The number of rotatable bonds is 0. The molecule has 0 aliphatic heterocycles. The Morgan fingerprint density at radius 2 is 0.0286 bits per heavy atom. The van der Waals surface area contributed by atoms with E-state index >= 15 is 0 Å². The van der Waals surface area contributed by atoms with Crippen molar-refractivity contribution < 1.29 is 754 Å². The minimum absolute atomic E-state index is 0. The molecular weight excluding hydrogens is 2400 g/mol. The van der Waals surface area contributed by atoms with Gasteiger partial charge in [0.25, 0.3) is 0 Å². The average Bonchev–Trinajstić information content (AvgIpc) is 0. The Kier molecular flexibility index (Phi) is 96000. The maximum atomic E-state index is 0. The number of hydrogen-bond donors (Lipinski definition) is 0. The molecule has 0 rings (SSSR count). The molecule has 38 nitrogen and oxygen atoms in total. The van der Waals surface area contributed by atoms with Gasteiger partial charge in [-0.2, -0.15) is 0 Å². The predicted octanol–water partition coefficient (Wildman–Crippen LogP) is -4.59. The van der Waals surface area contributed by atoms with E-state index in [1.54, 1.807) is 0 Å². The molecule has 0 atom stereocenters. The van der Waals surface area contributed by atoms with Gasteiger partial charge in [0.05, 0.1) is 0 Å². The van der Waals surface area contributed by atoms with Gasteiger partial charge in [0.2, 0.25) is 0 Å². The van der Waals surface area contributed by atoms with Crippen LogP contribution < -0.4 is 0 Å². The molecule has 464 valence electrons. The summed E-state index contributed by atoms with van der Waals surface area (Å²) in [5, 5.41) is 0. The molecular formula is Fe32O38+20. The summed E-state index contributed by atoms with van der Waals surface area (Å²) < 4.78 is 0. The minimum atomic E-state index is 0. The maximum Gasteiger partial charge on any atom is 3.00 e. The molecule has 0 bridgehead atoms. The van der Waals surface area contributed by atoms with E-state index in [-0.39, 0.29) is 754 Å². The topological polar surface area (TPSA) is 1080 Å². The van der Waals surface area contributed by atoms with Gasteiger partial charge in [-0.15, -0.1) is 0 Å². The van der Waals surface area contributed by atoms with Crippen molar-refractivity contribution in [1.29, 1.82) is 0 Å². The van der Waals surface area contributed by atoms with Crippen molar-refractivity contribution in [2.75, 3.05) is 0 Å². The Morgan fingerprint density at radius 3 is 0.0286 bits per heavy atom. The predicted molar refractivity (Wildman–Crippen MR) is 26.1 cm³/mol. The second-order valence-corrected chi connectivity index (χ2v) is 0. The molecule has 0 amide bonds. The molecule has 70 heteroatoms. The Balaban J connectivity index is 0. The summed E-state index contributed by atoms with van der Waals surface area (Å²) in [6.07, 6.45) is 0. The van der Waals surface area contributed by atoms with Gasteiger partial charge >= 0.3 is 546 Å². The standard InChI is InChI=1S/32Fe.38O/q32*+3;38*-2. The van der Waals surface area contributed by atoms with Crippen molar-refractivity contribution in [1.82, 2.24) is 0 Å². The summed E-state index contributed by atoms with van der Waals surface area (Å²) >= 11 is 0. The first-order chi connectivity index (χ1) is 0. The summed E-state index contributed by atoms with van der Waals surface area (Å²) in [5.41, 5.74) is 0. The molecule has 0 N–H and O–H groups in total. The first-order valence-electron chi connectivity index (χ1n) is 0. The van der Waals surface area contributed by atoms with Crippen LogP contribution in [0.15, 0.2) is 0 Å². The average molecular weight is 2400 g/mol. The van der Waals surface area contributed by atoms with Crippen LogP contribution in [0, 0.1) is 0 Å². The first kappa shape index (κ1) is 2640. The Hall–Kier alpha value is 15.1. The van der Waals surface area contributed by atoms with Crippen LogP contribution in [0.5, 0.6) is 0 Å². The third kappa shape index (κ3) is 2460. The monoisotopic (exact) mass is 2400 g/mol. The zero-order chi connectivity index (χ0) is 0. The number of hydrogen-bond acceptors (Lipinski definition) is 0. The fourth-order valence-corrected chi connectivity index (χ4v) is 0. The fraction of sp³-hybridized carbons (Fsp3) is 0. The fourth-order valence-electron chi connectivity index (χ4n) is 0. The summed E-state index contributed by atoms with van der Waals surface area (Å²) in [6, 6.07) is 0. The van der Waals surface area contributed by atoms with Crippen LogP contribution in [0.1, 0.15) is 0 Å². The molecule has 0 unspecified atom stereocenters. The zero-order valence-corrected chi connectivity index (χ0v) is 62.2. The van der Waals surface area contributed by atoms with E-state index in [4.69, 9.17) is 0 Å². The molecule has 0 saturated heterocycles. The Morgan fingerprint density at radius 1 is 0.0286 bits per heavy atom.